The van der Waals surface area contributed by atoms with E-state index in [2.05, 4.69) is 0 Å². The zero-order valence-electron chi connectivity index (χ0n) is 20.4. The van der Waals surface area contributed by atoms with E-state index in [0.717, 1.165) is 22.8 Å². The van der Waals surface area contributed by atoms with E-state index in [9.17, 15) is 32.3 Å². The summed E-state index contributed by atoms with van der Waals surface area (Å²) in [6.07, 6.45) is -5.13. The van der Waals surface area contributed by atoms with Crippen LogP contribution in [-0.2, 0) is 17.4 Å². The maximum Gasteiger partial charge on any atom is 0.422 e. The summed E-state index contributed by atoms with van der Waals surface area (Å²) in [5.41, 5.74) is -3.25. The molecule has 0 amide bonds. The molecular weight excluding hydrogens is 530 g/mol. The van der Waals surface area contributed by atoms with Crippen LogP contribution in [0.15, 0.2) is 63.8 Å². The SMILES string of the molecule is CCOC(=O)c1cc(-c2ccc(C(C)C(O)(c3ccc4oc(=O)n(C)c4c3)C(F)(F)F)c(Cl)c2)ccc1F. The largest absolute Gasteiger partial charge is 0.462 e. The van der Waals surface area contributed by atoms with Gasteiger partial charge in [0.25, 0.3) is 0 Å². The predicted molar refractivity (Wildman–Crippen MR) is 133 cm³/mol. The number of carbonyl (C=O) groups is 1. The van der Waals surface area contributed by atoms with Crippen LogP contribution in [0.5, 0.6) is 0 Å². The highest BCUT2D eigenvalue weighted by molar-refractivity contribution is 6.31. The fourth-order valence-corrected chi connectivity index (χ4v) is 4.72. The van der Waals surface area contributed by atoms with E-state index in [1.807, 2.05) is 0 Å². The van der Waals surface area contributed by atoms with E-state index >= 15 is 0 Å². The molecule has 0 aliphatic rings. The Bertz CT molecular complexity index is 1590. The number of halogens is 5. The molecule has 0 spiro atoms. The number of aliphatic hydroxyl groups is 1. The zero-order chi connectivity index (χ0) is 28.0. The van der Waals surface area contributed by atoms with E-state index in [4.69, 9.17) is 20.8 Å². The van der Waals surface area contributed by atoms with Gasteiger partial charge in [-0.2, -0.15) is 13.2 Å². The minimum absolute atomic E-state index is 0.0100. The first-order valence-electron chi connectivity index (χ1n) is 11.4. The van der Waals surface area contributed by atoms with Gasteiger partial charge in [-0.1, -0.05) is 42.8 Å². The number of nitrogens with zero attached hydrogens (tertiary/aromatic N) is 1. The third kappa shape index (κ3) is 4.58. The molecule has 2 atom stereocenters. The molecule has 1 heterocycles. The van der Waals surface area contributed by atoms with Gasteiger partial charge in [0, 0.05) is 18.0 Å². The molecule has 0 bridgehead atoms. The average molecular weight is 552 g/mol. The van der Waals surface area contributed by atoms with Gasteiger partial charge in [0.2, 0.25) is 0 Å². The van der Waals surface area contributed by atoms with Crippen LogP contribution in [0.25, 0.3) is 22.2 Å². The van der Waals surface area contributed by atoms with Gasteiger partial charge in [-0.25, -0.2) is 14.0 Å². The molecule has 38 heavy (non-hydrogen) atoms. The summed E-state index contributed by atoms with van der Waals surface area (Å²) in [7, 11) is 1.34. The van der Waals surface area contributed by atoms with Crippen molar-refractivity contribution in [1.82, 2.24) is 4.57 Å². The Balaban J connectivity index is 1.78. The van der Waals surface area contributed by atoms with Crippen LogP contribution < -0.4 is 5.76 Å². The molecule has 0 aliphatic heterocycles. The number of oxazole rings is 1. The van der Waals surface area contributed by atoms with E-state index in [-0.39, 0.29) is 33.9 Å². The molecule has 0 aliphatic carbocycles. The first-order chi connectivity index (χ1) is 17.8. The van der Waals surface area contributed by atoms with Gasteiger partial charge in [0.1, 0.15) is 5.82 Å². The molecule has 0 saturated carbocycles. The summed E-state index contributed by atoms with van der Waals surface area (Å²) in [6.45, 7) is 2.81. The molecular formula is C27H22ClF4NO5. The number of hydrogen-bond donors (Lipinski definition) is 1. The fraction of sp³-hybridized carbons (Fsp3) is 0.259. The Kier molecular flexibility index (Phi) is 7.15. The van der Waals surface area contributed by atoms with Crippen LogP contribution >= 0.6 is 11.6 Å². The van der Waals surface area contributed by atoms with Gasteiger partial charge in [0.15, 0.2) is 11.2 Å². The van der Waals surface area contributed by atoms with E-state index in [1.165, 1.54) is 50.4 Å². The highest BCUT2D eigenvalue weighted by Crippen LogP contribution is 2.50. The van der Waals surface area contributed by atoms with Crippen molar-refractivity contribution in [3.05, 3.63) is 92.7 Å². The van der Waals surface area contributed by atoms with Gasteiger partial charge >= 0.3 is 17.9 Å². The van der Waals surface area contributed by atoms with Crippen molar-refractivity contribution in [2.75, 3.05) is 6.61 Å². The topological polar surface area (TPSA) is 81.7 Å². The zero-order valence-corrected chi connectivity index (χ0v) is 21.2. The lowest BCUT2D eigenvalue weighted by molar-refractivity contribution is -0.274. The summed E-state index contributed by atoms with van der Waals surface area (Å²) in [5, 5.41) is 11.1. The fourth-order valence-electron chi connectivity index (χ4n) is 4.38. The lowest BCUT2D eigenvalue weighted by atomic mass is 9.77. The Morgan fingerprint density at radius 3 is 2.39 bits per heavy atom. The summed E-state index contributed by atoms with van der Waals surface area (Å²) in [4.78, 5) is 23.9. The van der Waals surface area contributed by atoms with Gasteiger partial charge in [-0.15, -0.1) is 0 Å². The number of ether oxygens (including phenoxy) is 1. The summed E-state index contributed by atoms with van der Waals surface area (Å²) < 4.78 is 68.4. The number of hydrogen-bond acceptors (Lipinski definition) is 5. The Labute approximate surface area is 219 Å². The molecule has 3 aromatic carbocycles. The normalized spacial score (nSPS) is 14.3. The summed E-state index contributed by atoms with van der Waals surface area (Å²) in [6, 6.07) is 11.2. The smallest absolute Gasteiger partial charge is 0.422 e. The Morgan fingerprint density at radius 2 is 1.76 bits per heavy atom. The number of benzene rings is 3. The second kappa shape index (κ2) is 9.92. The van der Waals surface area contributed by atoms with Crippen LogP contribution in [0.4, 0.5) is 17.6 Å². The molecule has 11 heteroatoms. The third-order valence-corrected chi connectivity index (χ3v) is 6.88. The first kappa shape index (κ1) is 27.4. The van der Waals surface area contributed by atoms with Crippen molar-refractivity contribution >= 4 is 28.7 Å². The number of carbonyl (C=O) groups excluding carboxylic acids is 1. The Morgan fingerprint density at radius 1 is 1.11 bits per heavy atom. The molecule has 0 radical (unpaired) electrons. The highest BCUT2D eigenvalue weighted by Gasteiger charge is 2.59. The van der Waals surface area contributed by atoms with Crippen molar-refractivity contribution in [3.63, 3.8) is 0 Å². The highest BCUT2D eigenvalue weighted by atomic mass is 35.5. The van der Waals surface area contributed by atoms with Crippen molar-refractivity contribution in [2.45, 2.75) is 31.5 Å². The molecule has 6 nitrogen and oxygen atoms in total. The summed E-state index contributed by atoms with van der Waals surface area (Å²) in [5.74, 6) is -3.99. The molecule has 0 fully saturated rings. The molecule has 1 aromatic heterocycles. The quantitative estimate of drug-likeness (QED) is 0.224. The van der Waals surface area contributed by atoms with E-state index < -0.39 is 40.8 Å². The summed E-state index contributed by atoms with van der Waals surface area (Å²) >= 11 is 6.42. The van der Waals surface area contributed by atoms with Crippen LogP contribution in [0.1, 0.15) is 41.3 Å². The number of esters is 1. The predicted octanol–water partition coefficient (Wildman–Crippen LogP) is 6.32. The number of fused-ring (bicyclic) bond motifs is 1. The first-order valence-corrected chi connectivity index (χ1v) is 11.8. The van der Waals surface area contributed by atoms with Crippen LogP contribution in [0, 0.1) is 5.82 Å². The van der Waals surface area contributed by atoms with Crippen molar-refractivity contribution in [2.24, 2.45) is 7.05 Å². The van der Waals surface area contributed by atoms with Gasteiger partial charge in [-0.05, 0) is 59.5 Å². The number of alkyl halides is 3. The van der Waals surface area contributed by atoms with Crippen LogP contribution in [-0.4, -0.2) is 28.4 Å². The Hall–Kier alpha value is -3.63. The van der Waals surface area contributed by atoms with Crippen LogP contribution in [0.2, 0.25) is 5.02 Å². The number of aromatic nitrogens is 1. The maximum atomic E-state index is 14.5. The van der Waals surface area contributed by atoms with Gasteiger partial charge in [0.05, 0.1) is 17.7 Å². The molecule has 4 aromatic rings. The minimum Gasteiger partial charge on any atom is -0.462 e. The maximum absolute atomic E-state index is 14.5. The number of rotatable bonds is 6. The van der Waals surface area contributed by atoms with Crippen molar-refractivity contribution in [3.8, 4) is 11.1 Å². The van der Waals surface area contributed by atoms with Gasteiger partial charge in [-0.3, -0.25) is 4.57 Å². The molecule has 2 unspecified atom stereocenters. The average Bonchev–Trinajstić information content (AvgIpc) is 3.15. The molecule has 4 rings (SSSR count). The third-order valence-electron chi connectivity index (χ3n) is 6.55. The lowest BCUT2D eigenvalue weighted by Gasteiger charge is -2.37. The van der Waals surface area contributed by atoms with Crippen molar-refractivity contribution in [1.29, 1.82) is 0 Å². The van der Waals surface area contributed by atoms with Gasteiger partial charge < -0.3 is 14.3 Å². The molecule has 0 saturated heterocycles. The lowest BCUT2D eigenvalue weighted by Crippen LogP contribution is -2.46. The standard InChI is InChI=1S/C27H22ClF4NO5/c1-4-37-24(34)19-11-15(6-9-21(19)29)16-5-8-18(20(28)12-16)14(2)26(36,27(30,31)32)17-7-10-23-22(13-17)33(3)25(35)38-23/h5-14,36H,4H2,1-3H3. The second-order valence-corrected chi connectivity index (χ2v) is 9.15. The van der Waals surface area contributed by atoms with E-state index in [0.29, 0.717) is 11.1 Å². The minimum atomic E-state index is -5.13. The monoisotopic (exact) mass is 551 g/mol. The molecule has 200 valence electrons. The molecule has 1 N–H and O–H groups in total. The second-order valence-electron chi connectivity index (χ2n) is 8.75. The van der Waals surface area contributed by atoms with E-state index in [1.54, 1.807) is 6.92 Å². The van der Waals surface area contributed by atoms with Crippen LogP contribution in [0.3, 0.4) is 0 Å². The van der Waals surface area contributed by atoms with Crippen molar-refractivity contribution < 1.29 is 36.6 Å². The number of aryl methyl sites for hydroxylation is 1.